The lowest BCUT2D eigenvalue weighted by molar-refractivity contribution is 1.27. The Morgan fingerprint density at radius 2 is 0.909 bits per heavy atom. The van der Waals surface area contributed by atoms with Gasteiger partial charge in [-0.25, -0.2) is 0 Å². The number of nitrogens with zero attached hydrogens (tertiary/aromatic N) is 1. The van der Waals surface area contributed by atoms with Crippen LogP contribution in [0.5, 0.6) is 0 Å². The second-order valence-corrected chi connectivity index (χ2v) is 8.86. The van der Waals surface area contributed by atoms with Crippen LogP contribution in [0.3, 0.4) is 0 Å². The molecule has 0 heterocycles. The van der Waals surface area contributed by atoms with Crippen LogP contribution in [0.2, 0.25) is 0 Å². The lowest BCUT2D eigenvalue weighted by Crippen LogP contribution is -2.09. The Morgan fingerprint density at radius 1 is 0.424 bits per heavy atom. The average molecular weight is 424 g/mol. The number of fused-ring (bicyclic) bond motifs is 5. The zero-order valence-corrected chi connectivity index (χ0v) is 18.9. The molecule has 0 N–H and O–H groups in total. The molecule has 33 heavy (non-hydrogen) atoms. The molecule has 158 valence electrons. The second kappa shape index (κ2) is 7.79. The van der Waals surface area contributed by atoms with Crippen molar-refractivity contribution in [1.82, 2.24) is 0 Å². The van der Waals surface area contributed by atoms with Gasteiger partial charge in [0.2, 0.25) is 0 Å². The molecule has 6 rings (SSSR count). The maximum absolute atomic E-state index is 2.35. The Bertz CT molecular complexity index is 1560. The normalized spacial score (nSPS) is 11.3. The molecule has 0 aliphatic carbocycles. The topological polar surface area (TPSA) is 3.24 Å². The molecule has 0 spiro atoms. The third kappa shape index (κ3) is 3.43. The van der Waals surface area contributed by atoms with Gasteiger partial charge in [-0.1, -0.05) is 90.0 Å². The molecule has 6 aromatic carbocycles. The number of hydrogen-bond acceptors (Lipinski definition) is 1. The molecule has 0 saturated heterocycles. The molecule has 0 saturated carbocycles. The van der Waals surface area contributed by atoms with Gasteiger partial charge in [-0.05, 0) is 82.6 Å². The highest BCUT2D eigenvalue weighted by molar-refractivity contribution is 6.20. The van der Waals surface area contributed by atoms with Crippen LogP contribution >= 0.6 is 0 Å². The van der Waals surface area contributed by atoms with Gasteiger partial charge in [-0.3, -0.25) is 0 Å². The third-order valence-electron chi connectivity index (χ3n) is 6.55. The highest BCUT2D eigenvalue weighted by atomic mass is 15.1. The van der Waals surface area contributed by atoms with E-state index >= 15 is 0 Å². The van der Waals surface area contributed by atoms with Crippen LogP contribution in [0.4, 0.5) is 17.1 Å². The molecular weight excluding hydrogens is 398 g/mol. The van der Waals surface area contributed by atoms with Crippen LogP contribution in [0.25, 0.3) is 32.3 Å². The van der Waals surface area contributed by atoms with E-state index in [1.807, 2.05) is 0 Å². The number of hydrogen-bond donors (Lipinski definition) is 0. The summed E-state index contributed by atoms with van der Waals surface area (Å²) in [6.07, 6.45) is 0. The molecule has 0 bridgehead atoms. The van der Waals surface area contributed by atoms with E-state index in [0.29, 0.717) is 0 Å². The van der Waals surface area contributed by atoms with Gasteiger partial charge in [-0.2, -0.15) is 0 Å². The van der Waals surface area contributed by atoms with E-state index in [2.05, 4.69) is 134 Å². The van der Waals surface area contributed by atoms with Crippen molar-refractivity contribution in [3.63, 3.8) is 0 Å². The predicted octanol–water partition coefficient (Wildman–Crippen LogP) is 9.23. The minimum absolute atomic E-state index is 1.16. The zero-order valence-electron chi connectivity index (χ0n) is 18.9. The number of benzene rings is 6. The molecule has 0 aliphatic heterocycles. The van der Waals surface area contributed by atoms with Crippen LogP contribution in [0.1, 0.15) is 11.1 Å². The Morgan fingerprint density at radius 3 is 1.55 bits per heavy atom. The zero-order chi connectivity index (χ0) is 22.4. The Hall–Kier alpha value is -4.10. The fourth-order valence-corrected chi connectivity index (χ4v) is 4.79. The molecule has 0 aromatic heterocycles. The minimum atomic E-state index is 1.16. The van der Waals surface area contributed by atoms with Gasteiger partial charge in [0.05, 0.1) is 0 Å². The Labute approximate surface area is 194 Å². The smallest absolute Gasteiger partial charge is 0.0468 e. The summed E-state index contributed by atoms with van der Waals surface area (Å²) in [5.74, 6) is 0. The summed E-state index contributed by atoms with van der Waals surface area (Å²) in [7, 11) is 0. The van der Waals surface area contributed by atoms with E-state index in [4.69, 9.17) is 0 Å². The van der Waals surface area contributed by atoms with Gasteiger partial charge in [0.15, 0.2) is 0 Å². The van der Waals surface area contributed by atoms with E-state index in [1.165, 1.54) is 43.4 Å². The van der Waals surface area contributed by atoms with Crippen molar-refractivity contribution in [2.45, 2.75) is 13.8 Å². The van der Waals surface area contributed by atoms with E-state index in [9.17, 15) is 0 Å². The SMILES string of the molecule is Cc1ccc(N(c2ccc(C)cc2)c2ccc3ccc4ccc5ccccc5c4c3c2)cc1. The summed E-state index contributed by atoms with van der Waals surface area (Å²) < 4.78 is 0. The van der Waals surface area contributed by atoms with Gasteiger partial charge >= 0.3 is 0 Å². The van der Waals surface area contributed by atoms with Crippen molar-refractivity contribution in [1.29, 1.82) is 0 Å². The largest absolute Gasteiger partial charge is 0.310 e. The summed E-state index contributed by atoms with van der Waals surface area (Å²) >= 11 is 0. The highest BCUT2D eigenvalue weighted by Gasteiger charge is 2.14. The van der Waals surface area contributed by atoms with Gasteiger partial charge in [0.1, 0.15) is 0 Å². The van der Waals surface area contributed by atoms with Gasteiger partial charge in [0, 0.05) is 17.1 Å². The van der Waals surface area contributed by atoms with Crippen LogP contribution in [0, 0.1) is 13.8 Å². The first-order chi connectivity index (χ1) is 16.2. The molecule has 1 nitrogen and oxygen atoms in total. The molecule has 0 aliphatic rings. The summed E-state index contributed by atoms with van der Waals surface area (Å²) in [5, 5.41) is 7.71. The quantitative estimate of drug-likeness (QED) is 0.256. The molecule has 0 radical (unpaired) electrons. The monoisotopic (exact) mass is 423 g/mol. The lowest BCUT2D eigenvalue weighted by Gasteiger charge is -2.26. The fraction of sp³-hybridized carbons (Fsp3) is 0.0625. The standard InChI is InChI=1S/C32H25N/c1-22-7-16-27(17-8-22)33(28-18-9-23(2)10-19-28)29-20-15-25-12-14-26-13-11-24-5-3-4-6-30(24)32(26)31(25)21-29/h3-21H,1-2H3. The molecule has 0 fully saturated rings. The van der Waals surface area contributed by atoms with Crippen molar-refractivity contribution in [2.24, 2.45) is 0 Å². The van der Waals surface area contributed by atoms with Crippen molar-refractivity contribution >= 4 is 49.4 Å². The number of aryl methyl sites for hydroxylation is 2. The van der Waals surface area contributed by atoms with Crippen LogP contribution in [-0.2, 0) is 0 Å². The average Bonchev–Trinajstić information content (AvgIpc) is 2.86. The van der Waals surface area contributed by atoms with Crippen molar-refractivity contribution < 1.29 is 0 Å². The Kier molecular flexibility index (Phi) is 4.62. The fourth-order valence-electron chi connectivity index (χ4n) is 4.79. The van der Waals surface area contributed by atoms with Crippen molar-refractivity contribution in [3.05, 3.63) is 126 Å². The van der Waals surface area contributed by atoms with Crippen molar-refractivity contribution in [2.75, 3.05) is 4.90 Å². The molecular formula is C32H25N. The minimum Gasteiger partial charge on any atom is -0.310 e. The van der Waals surface area contributed by atoms with Crippen LogP contribution < -0.4 is 4.90 Å². The van der Waals surface area contributed by atoms with E-state index in [0.717, 1.165) is 17.1 Å². The number of rotatable bonds is 3. The van der Waals surface area contributed by atoms with E-state index in [-0.39, 0.29) is 0 Å². The second-order valence-electron chi connectivity index (χ2n) is 8.86. The van der Waals surface area contributed by atoms with Crippen molar-refractivity contribution in [3.8, 4) is 0 Å². The van der Waals surface area contributed by atoms with Gasteiger partial charge < -0.3 is 4.90 Å². The number of anilines is 3. The van der Waals surface area contributed by atoms with E-state index < -0.39 is 0 Å². The molecule has 0 amide bonds. The van der Waals surface area contributed by atoms with E-state index in [1.54, 1.807) is 0 Å². The highest BCUT2D eigenvalue weighted by Crippen LogP contribution is 2.39. The molecule has 0 unspecified atom stereocenters. The first-order valence-corrected chi connectivity index (χ1v) is 11.5. The summed E-state index contributed by atoms with van der Waals surface area (Å²) in [5.41, 5.74) is 6.01. The molecule has 6 aromatic rings. The Balaban J connectivity index is 1.64. The summed E-state index contributed by atoms with van der Waals surface area (Å²) in [6.45, 7) is 4.26. The first-order valence-electron chi connectivity index (χ1n) is 11.5. The van der Waals surface area contributed by atoms with Gasteiger partial charge in [0.25, 0.3) is 0 Å². The van der Waals surface area contributed by atoms with Crippen LogP contribution in [-0.4, -0.2) is 0 Å². The maximum Gasteiger partial charge on any atom is 0.0468 e. The third-order valence-corrected chi connectivity index (χ3v) is 6.55. The summed E-state index contributed by atoms with van der Waals surface area (Å²) in [4.78, 5) is 2.35. The van der Waals surface area contributed by atoms with Crippen LogP contribution in [0.15, 0.2) is 115 Å². The predicted molar refractivity (Wildman–Crippen MR) is 143 cm³/mol. The maximum atomic E-state index is 2.35. The molecule has 1 heteroatoms. The first kappa shape index (κ1) is 19.6. The lowest BCUT2D eigenvalue weighted by atomic mass is 9.96. The van der Waals surface area contributed by atoms with Gasteiger partial charge in [-0.15, -0.1) is 0 Å². The molecule has 0 atom stereocenters. The summed E-state index contributed by atoms with van der Waals surface area (Å²) in [6, 6.07) is 42.0.